The molecule has 0 aliphatic carbocycles. The van der Waals surface area contributed by atoms with Gasteiger partial charge in [0.1, 0.15) is 6.10 Å². The molecule has 0 radical (unpaired) electrons. The topological polar surface area (TPSA) is 88.4 Å². The zero-order valence-corrected chi connectivity index (χ0v) is 25.6. The maximum Gasteiger partial charge on any atom is 0.389 e. The van der Waals surface area contributed by atoms with E-state index in [9.17, 15) is 31.4 Å². The van der Waals surface area contributed by atoms with Crippen LogP contribution in [-0.2, 0) is 66.6 Å². The normalized spacial score (nSPS) is 11.7. The second-order valence-electron chi connectivity index (χ2n) is 6.15. The van der Waals surface area contributed by atoms with E-state index >= 15 is 0 Å². The van der Waals surface area contributed by atoms with Gasteiger partial charge in [-0.15, -0.1) is 0 Å². The first-order valence-electron chi connectivity index (χ1n) is 10.2. The molecule has 14 heteroatoms. The Labute approximate surface area is 238 Å². The molecule has 1 unspecified atom stereocenters. The Morgan fingerprint density at radius 2 is 1.03 bits per heavy atom. The number of hydrogen-bond acceptors (Lipinski definition) is 6. The molecule has 6 nitrogen and oxygen atoms in total. The Balaban J connectivity index is -0.0000000910. The molecule has 0 bridgehead atoms. The predicted molar refractivity (Wildman–Crippen MR) is 110 cm³/mol. The second-order valence-corrected chi connectivity index (χ2v) is 6.15. The van der Waals surface area contributed by atoms with Crippen molar-refractivity contribution < 1.29 is 108 Å². The number of aliphatic hydroxyl groups is 3. The first-order valence-corrected chi connectivity index (χ1v) is 10.2. The number of rotatable bonds is 11. The van der Waals surface area contributed by atoms with E-state index in [0.717, 1.165) is 19.3 Å². The summed E-state index contributed by atoms with van der Waals surface area (Å²) in [4.78, 5) is 0. The molecule has 0 aliphatic rings. The molecule has 0 saturated heterocycles. The molecule has 0 aromatic carbocycles. The molecule has 1 atom stereocenters. The van der Waals surface area contributed by atoms with Crippen molar-refractivity contribution in [2.45, 2.75) is 89.6 Å². The van der Waals surface area contributed by atoms with E-state index in [1.54, 1.807) is 13.8 Å². The number of ether oxygens (including phenoxy) is 3. The van der Waals surface area contributed by atoms with Crippen molar-refractivity contribution in [1.29, 1.82) is 0 Å². The maximum absolute atomic E-state index is 11.9. The fourth-order valence-corrected chi connectivity index (χ4v) is 1.99. The fourth-order valence-electron chi connectivity index (χ4n) is 1.99. The summed E-state index contributed by atoms with van der Waals surface area (Å²) in [6, 6.07) is 0. The number of unbranched alkanes of at least 4 members (excludes halogenated alkanes) is 4. The first kappa shape index (κ1) is 48.2. The van der Waals surface area contributed by atoms with Crippen LogP contribution in [0, 0.1) is 6.92 Å². The third-order valence-corrected chi connectivity index (χ3v) is 3.42. The minimum Gasteiger partial charge on any atom is -0.397 e. The Morgan fingerprint density at radius 1 is 0.706 bits per heavy atom. The number of hydrogen-bond donors (Lipinski definition) is 3. The Bertz CT molecular complexity index is 364. The fraction of sp³-hybridized carbons (Fsp3) is 0.950. The van der Waals surface area contributed by atoms with Gasteiger partial charge < -0.3 is 36.5 Å². The van der Waals surface area contributed by atoms with Crippen LogP contribution in [0.5, 0.6) is 0 Å². The van der Waals surface area contributed by atoms with Crippen LogP contribution in [0.4, 0.5) is 26.3 Å². The number of aliphatic hydroxyl groups excluding tert-OH is 3. The van der Waals surface area contributed by atoms with Crippen LogP contribution < -0.4 is 0 Å². The van der Waals surface area contributed by atoms with Gasteiger partial charge in [-0.05, 0) is 26.7 Å². The predicted octanol–water partition coefficient (Wildman–Crippen LogP) is 5.00. The summed E-state index contributed by atoms with van der Waals surface area (Å²) in [6.45, 7) is 7.47. The summed E-state index contributed by atoms with van der Waals surface area (Å²) in [7, 11) is 3.51. The van der Waals surface area contributed by atoms with Crippen molar-refractivity contribution in [3.8, 4) is 0 Å². The Kier molecular flexibility index (Phi) is 43.0. The van der Waals surface area contributed by atoms with Crippen LogP contribution in [0.2, 0.25) is 0 Å². The summed E-state index contributed by atoms with van der Waals surface area (Å²) in [5.41, 5.74) is 0. The van der Waals surface area contributed by atoms with Crippen molar-refractivity contribution in [2.75, 3.05) is 34.5 Å². The molecule has 0 heterocycles. The SMILES string of the molecule is CCO.CCO.COC(OC)(OC)C(O)CCC(F)(F)F.[CH2-]CCCCCCC(F)(F)F.[Zr].[Zr]. The molecule has 0 aromatic rings. The zero-order chi connectivity index (χ0) is 26.3. The van der Waals surface area contributed by atoms with Crippen LogP contribution in [0.1, 0.15) is 65.2 Å². The Hall–Kier alpha value is 1.11. The summed E-state index contributed by atoms with van der Waals surface area (Å²) in [5, 5.41) is 24.6. The molecule has 208 valence electrons. The molecular weight excluding hydrogens is 633 g/mol. The minimum absolute atomic E-state index is 0. The van der Waals surface area contributed by atoms with Crippen molar-refractivity contribution >= 4 is 0 Å². The molecule has 34 heavy (non-hydrogen) atoms. The van der Waals surface area contributed by atoms with E-state index < -0.39 is 43.7 Å². The van der Waals surface area contributed by atoms with Gasteiger partial charge in [-0.2, -0.15) is 32.8 Å². The number of alkyl halides is 6. The van der Waals surface area contributed by atoms with E-state index in [1.165, 1.54) is 21.3 Å². The van der Waals surface area contributed by atoms with E-state index in [-0.39, 0.29) is 72.0 Å². The molecular formula is C20H41F6O6Zr2-. The molecule has 0 saturated carbocycles. The zero-order valence-electron chi connectivity index (χ0n) is 20.7. The van der Waals surface area contributed by atoms with Gasteiger partial charge in [0.25, 0.3) is 0 Å². The van der Waals surface area contributed by atoms with Crippen LogP contribution in [-0.4, -0.2) is 74.3 Å². The summed E-state index contributed by atoms with van der Waals surface area (Å²) < 4.78 is 84.4. The average molecular weight is 674 g/mol. The first-order chi connectivity index (χ1) is 14.7. The Morgan fingerprint density at radius 3 is 1.29 bits per heavy atom. The van der Waals surface area contributed by atoms with Crippen LogP contribution >= 0.6 is 0 Å². The molecule has 0 fully saturated rings. The van der Waals surface area contributed by atoms with Crippen molar-refractivity contribution in [1.82, 2.24) is 0 Å². The number of methoxy groups -OCH3 is 3. The van der Waals surface area contributed by atoms with Gasteiger partial charge in [0.2, 0.25) is 0 Å². The largest absolute Gasteiger partial charge is 0.397 e. The molecule has 0 spiro atoms. The van der Waals surface area contributed by atoms with E-state index in [2.05, 4.69) is 6.92 Å². The summed E-state index contributed by atoms with van der Waals surface area (Å²) in [6.07, 6.45) is -8.55. The molecule has 3 N–H and O–H groups in total. The van der Waals surface area contributed by atoms with E-state index in [4.69, 9.17) is 24.4 Å². The molecule has 0 amide bonds. The van der Waals surface area contributed by atoms with Gasteiger partial charge in [0, 0.05) is 99.8 Å². The average Bonchev–Trinajstić information content (AvgIpc) is 2.68. The van der Waals surface area contributed by atoms with Crippen molar-refractivity contribution in [2.24, 2.45) is 0 Å². The van der Waals surface area contributed by atoms with E-state index in [0.29, 0.717) is 6.42 Å². The van der Waals surface area contributed by atoms with Gasteiger partial charge in [-0.1, -0.05) is 19.3 Å². The second kappa shape index (κ2) is 30.3. The quantitative estimate of drug-likeness (QED) is 0.124. The van der Waals surface area contributed by atoms with Crippen molar-refractivity contribution in [3.05, 3.63) is 6.92 Å². The van der Waals surface area contributed by atoms with Crippen LogP contribution in [0.3, 0.4) is 0 Å². The minimum atomic E-state index is -4.33. The maximum atomic E-state index is 11.9. The van der Waals surface area contributed by atoms with Crippen molar-refractivity contribution in [3.63, 3.8) is 0 Å². The van der Waals surface area contributed by atoms with Crippen LogP contribution in [0.15, 0.2) is 0 Å². The third kappa shape index (κ3) is 37.7. The monoisotopic (exact) mass is 671 g/mol. The molecule has 0 rings (SSSR count). The van der Waals surface area contributed by atoms with Gasteiger partial charge in [0.15, 0.2) is 0 Å². The third-order valence-electron chi connectivity index (χ3n) is 3.42. The molecule has 0 aromatic heterocycles. The van der Waals surface area contributed by atoms with Gasteiger partial charge >= 0.3 is 18.3 Å². The summed E-state index contributed by atoms with van der Waals surface area (Å²) >= 11 is 0. The number of halogens is 6. The summed E-state index contributed by atoms with van der Waals surface area (Å²) in [5.74, 6) is -1.84. The smallest absolute Gasteiger partial charge is 0.389 e. The van der Waals surface area contributed by atoms with Gasteiger partial charge in [0.05, 0.1) is 0 Å². The van der Waals surface area contributed by atoms with Crippen LogP contribution in [0.25, 0.3) is 0 Å². The molecule has 0 aliphatic heterocycles. The van der Waals surface area contributed by atoms with Gasteiger partial charge in [-0.25, -0.2) is 0 Å². The van der Waals surface area contributed by atoms with E-state index in [1.807, 2.05) is 0 Å². The standard InChI is InChI=1S/C8H15F3O4.C8H14F3.2C2H6O.2Zr/c1-13-8(14-2,15-3)6(12)4-5-7(9,10)11;1-2-3-4-5-6-7-8(9,10)11;2*1-2-3;;/h6,12H,4-5H2,1-3H3;1-7H2;2*3H,2H2,1H3;;/q;-1;;;;. The van der Waals surface area contributed by atoms with Gasteiger partial charge in [-0.3, -0.25) is 0 Å².